The van der Waals surface area contributed by atoms with E-state index in [-0.39, 0.29) is 18.3 Å². The highest BCUT2D eigenvalue weighted by Gasteiger charge is 2.14. The molecule has 0 N–H and O–H groups in total. The molecule has 0 aliphatic heterocycles. The van der Waals surface area contributed by atoms with Gasteiger partial charge in [-0.15, -0.1) is 0 Å². The van der Waals surface area contributed by atoms with E-state index in [0.29, 0.717) is 5.69 Å². The zero-order chi connectivity index (χ0) is 16.7. The summed E-state index contributed by atoms with van der Waals surface area (Å²) in [6.45, 7) is 3.89. The molecule has 0 saturated carbocycles. The maximum Gasteiger partial charge on any atom is 0.340 e. The van der Waals surface area contributed by atoms with Gasteiger partial charge in [0.1, 0.15) is 5.70 Å². The van der Waals surface area contributed by atoms with Crippen LogP contribution in [0.25, 0.3) is 16.5 Å². The van der Waals surface area contributed by atoms with Crippen LogP contribution < -0.4 is 0 Å². The average molecular weight is 311 g/mol. The molecule has 0 aliphatic rings. The standard InChI is InChI=1S/C16H17N5O2/c1-3-23-16(22)15(19-20-17)11-14-9-10-18-21(14)12(2)13-7-5-4-6-8-13/h4-12H,3H2,1-2H3. The molecule has 0 fully saturated rings. The molecule has 0 amide bonds. The third-order valence-corrected chi connectivity index (χ3v) is 3.27. The highest BCUT2D eigenvalue weighted by molar-refractivity contribution is 5.93. The van der Waals surface area contributed by atoms with Gasteiger partial charge in [-0.2, -0.15) is 5.10 Å². The van der Waals surface area contributed by atoms with Gasteiger partial charge in [0.15, 0.2) is 0 Å². The van der Waals surface area contributed by atoms with Crippen LogP contribution in [0.4, 0.5) is 0 Å². The van der Waals surface area contributed by atoms with E-state index in [0.717, 1.165) is 5.56 Å². The molecule has 2 rings (SSSR count). The lowest BCUT2D eigenvalue weighted by Crippen LogP contribution is -2.11. The Morgan fingerprint density at radius 2 is 2.17 bits per heavy atom. The lowest BCUT2D eigenvalue weighted by molar-refractivity contribution is -0.138. The van der Waals surface area contributed by atoms with Crippen molar-refractivity contribution in [3.8, 4) is 0 Å². The van der Waals surface area contributed by atoms with Gasteiger partial charge in [0.2, 0.25) is 0 Å². The SMILES string of the molecule is CCOC(=O)C(=Cc1ccnn1C(C)c1ccccc1)N=[N+]=[N-]. The summed E-state index contributed by atoms with van der Waals surface area (Å²) in [6, 6.07) is 11.6. The molecule has 1 atom stereocenters. The Kier molecular flexibility index (Phi) is 5.55. The molecule has 1 aromatic carbocycles. The number of carbonyl (C=O) groups is 1. The zero-order valence-corrected chi connectivity index (χ0v) is 13.0. The second-order valence-corrected chi connectivity index (χ2v) is 4.73. The van der Waals surface area contributed by atoms with Gasteiger partial charge >= 0.3 is 5.97 Å². The molecule has 1 aromatic heterocycles. The van der Waals surface area contributed by atoms with Crippen molar-refractivity contribution < 1.29 is 9.53 Å². The summed E-state index contributed by atoms with van der Waals surface area (Å²) < 4.78 is 6.64. The van der Waals surface area contributed by atoms with Gasteiger partial charge in [-0.05, 0) is 37.1 Å². The van der Waals surface area contributed by atoms with Gasteiger partial charge in [0.25, 0.3) is 0 Å². The van der Waals surface area contributed by atoms with E-state index >= 15 is 0 Å². The molecule has 7 nitrogen and oxygen atoms in total. The molecule has 1 heterocycles. The number of ether oxygens (including phenoxy) is 1. The largest absolute Gasteiger partial charge is 0.462 e. The highest BCUT2D eigenvalue weighted by atomic mass is 16.5. The molecule has 0 aliphatic carbocycles. The van der Waals surface area contributed by atoms with Crippen LogP contribution in [0.1, 0.15) is 31.1 Å². The van der Waals surface area contributed by atoms with Crippen molar-refractivity contribution in [2.45, 2.75) is 19.9 Å². The Bertz CT molecular complexity index is 745. The van der Waals surface area contributed by atoms with Crippen molar-refractivity contribution in [2.75, 3.05) is 6.61 Å². The van der Waals surface area contributed by atoms with E-state index in [2.05, 4.69) is 15.1 Å². The Morgan fingerprint density at radius 1 is 1.43 bits per heavy atom. The van der Waals surface area contributed by atoms with Gasteiger partial charge < -0.3 is 4.74 Å². The predicted octanol–water partition coefficient (Wildman–Crippen LogP) is 3.71. The molecule has 0 saturated heterocycles. The summed E-state index contributed by atoms with van der Waals surface area (Å²) >= 11 is 0. The number of rotatable bonds is 6. The van der Waals surface area contributed by atoms with Crippen molar-refractivity contribution in [1.82, 2.24) is 9.78 Å². The predicted molar refractivity (Wildman–Crippen MR) is 86.2 cm³/mol. The molecule has 0 radical (unpaired) electrons. The molecule has 0 spiro atoms. The molecular weight excluding hydrogens is 294 g/mol. The normalized spacial score (nSPS) is 12.3. The van der Waals surface area contributed by atoms with Crippen molar-refractivity contribution in [3.63, 3.8) is 0 Å². The van der Waals surface area contributed by atoms with E-state index in [1.165, 1.54) is 6.08 Å². The van der Waals surface area contributed by atoms with Gasteiger partial charge in [-0.3, -0.25) is 4.68 Å². The average Bonchev–Trinajstić information content (AvgIpc) is 3.03. The van der Waals surface area contributed by atoms with Crippen LogP contribution in [0, 0.1) is 0 Å². The first kappa shape index (κ1) is 16.3. The van der Waals surface area contributed by atoms with Gasteiger partial charge in [-0.25, -0.2) is 4.79 Å². The van der Waals surface area contributed by atoms with Crippen LogP contribution >= 0.6 is 0 Å². The maximum absolute atomic E-state index is 11.8. The first-order valence-electron chi connectivity index (χ1n) is 7.19. The smallest absolute Gasteiger partial charge is 0.340 e. The first-order chi connectivity index (χ1) is 11.2. The van der Waals surface area contributed by atoms with Crippen LogP contribution in [0.3, 0.4) is 0 Å². The summed E-state index contributed by atoms with van der Waals surface area (Å²) in [5.74, 6) is -0.662. The Morgan fingerprint density at radius 3 is 2.83 bits per heavy atom. The van der Waals surface area contributed by atoms with Crippen molar-refractivity contribution in [1.29, 1.82) is 0 Å². The molecule has 118 valence electrons. The highest BCUT2D eigenvalue weighted by Crippen LogP contribution is 2.20. The van der Waals surface area contributed by atoms with Gasteiger partial charge in [0, 0.05) is 11.1 Å². The number of carbonyl (C=O) groups excluding carboxylic acids is 1. The van der Waals surface area contributed by atoms with Gasteiger partial charge in [0.05, 0.1) is 18.3 Å². The molecule has 23 heavy (non-hydrogen) atoms. The number of azide groups is 1. The lowest BCUT2D eigenvalue weighted by Gasteiger charge is -2.15. The van der Waals surface area contributed by atoms with Crippen molar-refractivity contribution >= 4 is 12.0 Å². The van der Waals surface area contributed by atoms with Crippen LogP contribution in [-0.2, 0) is 9.53 Å². The minimum atomic E-state index is -0.662. The third kappa shape index (κ3) is 3.99. The maximum atomic E-state index is 11.8. The zero-order valence-electron chi connectivity index (χ0n) is 13.0. The second-order valence-electron chi connectivity index (χ2n) is 4.73. The van der Waals surface area contributed by atoms with Crippen molar-refractivity contribution in [3.05, 3.63) is 70.0 Å². The number of hydrogen-bond donors (Lipinski definition) is 0. The number of aromatic nitrogens is 2. The Hall–Kier alpha value is -3.05. The molecule has 2 aromatic rings. The van der Waals surface area contributed by atoms with Crippen molar-refractivity contribution in [2.24, 2.45) is 5.11 Å². The van der Waals surface area contributed by atoms with Crippen LogP contribution in [0.5, 0.6) is 0 Å². The molecular formula is C16H17N5O2. The van der Waals surface area contributed by atoms with E-state index in [4.69, 9.17) is 10.3 Å². The fourth-order valence-electron chi connectivity index (χ4n) is 2.16. The quantitative estimate of drug-likeness (QED) is 0.267. The minimum absolute atomic E-state index is 0.0352. The number of hydrogen-bond acceptors (Lipinski definition) is 4. The van der Waals surface area contributed by atoms with E-state index in [1.807, 2.05) is 37.3 Å². The van der Waals surface area contributed by atoms with E-state index < -0.39 is 5.97 Å². The summed E-state index contributed by atoms with van der Waals surface area (Å²) in [4.78, 5) is 14.5. The lowest BCUT2D eigenvalue weighted by atomic mass is 10.1. The monoisotopic (exact) mass is 311 g/mol. The summed E-state index contributed by atoms with van der Waals surface area (Å²) in [5, 5.41) is 7.71. The number of benzene rings is 1. The summed E-state index contributed by atoms with van der Waals surface area (Å²) in [6.07, 6.45) is 3.11. The summed E-state index contributed by atoms with van der Waals surface area (Å²) in [7, 11) is 0. The molecule has 0 bridgehead atoms. The second kappa shape index (κ2) is 7.82. The third-order valence-electron chi connectivity index (χ3n) is 3.27. The van der Waals surface area contributed by atoms with Crippen LogP contribution in [0.2, 0.25) is 0 Å². The minimum Gasteiger partial charge on any atom is -0.462 e. The number of esters is 1. The number of nitrogens with zero attached hydrogens (tertiary/aromatic N) is 5. The Balaban J connectivity index is 2.38. The van der Waals surface area contributed by atoms with E-state index in [1.54, 1.807) is 23.9 Å². The Labute approximate surface area is 133 Å². The fourth-order valence-corrected chi connectivity index (χ4v) is 2.16. The first-order valence-corrected chi connectivity index (χ1v) is 7.19. The fraction of sp³-hybridized carbons (Fsp3) is 0.250. The van der Waals surface area contributed by atoms with Crippen LogP contribution in [-0.4, -0.2) is 22.4 Å². The molecule has 7 heteroatoms. The van der Waals surface area contributed by atoms with Gasteiger partial charge in [-0.1, -0.05) is 35.4 Å². The van der Waals surface area contributed by atoms with Crippen LogP contribution in [0.15, 0.2) is 53.4 Å². The van der Waals surface area contributed by atoms with E-state index in [9.17, 15) is 4.79 Å². The topological polar surface area (TPSA) is 92.9 Å². The summed E-state index contributed by atoms with van der Waals surface area (Å²) in [5.41, 5.74) is 10.3. The molecule has 1 unspecified atom stereocenters.